The lowest BCUT2D eigenvalue weighted by Gasteiger charge is -2.40. The molecule has 2 N–H and O–H groups in total. The molecular weight excluding hydrogens is 424 g/mol. The number of nitrogens with two attached hydrogens (primary N) is 1. The van der Waals surface area contributed by atoms with Gasteiger partial charge in [0.15, 0.2) is 0 Å². The maximum absolute atomic E-state index is 13.2. The molecule has 0 aliphatic carbocycles. The number of hydrogen-bond acceptors (Lipinski definition) is 5. The van der Waals surface area contributed by atoms with Gasteiger partial charge in [-0.2, -0.15) is 0 Å². The third-order valence-corrected chi connectivity index (χ3v) is 5.38. The fourth-order valence-corrected chi connectivity index (χ4v) is 3.69. The number of nitrogen functional groups attached to an aromatic ring is 1. The molecule has 0 unspecified atom stereocenters. The number of rotatable bonds is 5. The smallest absolute Gasteiger partial charge is 0.282 e. The Bertz CT molecular complexity index is 1230. The Labute approximate surface area is 181 Å². The van der Waals surface area contributed by atoms with E-state index in [0.717, 1.165) is 22.3 Å². The first kappa shape index (κ1) is 19.6. The number of nitrogens with zero attached hydrogens (tertiary/aromatic N) is 4. The molecule has 31 heavy (non-hydrogen) atoms. The minimum atomic E-state index is -2.63. The molecule has 1 saturated heterocycles. The van der Waals surface area contributed by atoms with Crippen LogP contribution in [0.1, 0.15) is 5.56 Å². The highest BCUT2D eigenvalue weighted by Gasteiger charge is 2.44. The minimum absolute atomic E-state index is 0.272. The second kappa shape index (κ2) is 7.39. The molecule has 1 aliphatic heterocycles. The van der Waals surface area contributed by atoms with Gasteiger partial charge in [0.1, 0.15) is 5.75 Å². The van der Waals surface area contributed by atoms with Crippen molar-refractivity contribution in [1.29, 1.82) is 0 Å². The molecule has 3 heterocycles. The van der Waals surface area contributed by atoms with Crippen molar-refractivity contribution in [2.75, 3.05) is 23.7 Å². The summed E-state index contributed by atoms with van der Waals surface area (Å²) < 4.78 is 34.1. The van der Waals surface area contributed by atoms with E-state index in [9.17, 15) is 8.78 Å². The Kier molecular flexibility index (Phi) is 4.66. The van der Waals surface area contributed by atoms with Crippen LogP contribution in [0.15, 0.2) is 60.8 Å². The molecular formula is C22H18ClF2N5O. The van der Waals surface area contributed by atoms with Gasteiger partial charge in [0.05, 0.1) is 35.7 Å². The van der Waals surface area contributed by atoms with Gasteiger partial charge in [-0.3, -0.25) is 0 Å². The Morgan fingerprint density at radius 2 is 1.84 bits per heavy atom. The summed E-state index contributed by atoms with van der Waals surface area (Å²) >= 11 is 5.84. The molecule has 0 saturated carbocycles. The first-order valence-corrected chi connectivity index (χ1v) is 10.0. The van der Waals surface area contributed by atoms with Crippen LogP contribution in [0, 0.1) is 0 Å². The topological polar surface area (TPSA) is 69.2 Å². The average Bonchev–Trinajstić information content (AvgIpc) is 3.04. The van der Waals surface area contributed by atoms with Crippen molar-refractivity contribution < 1.29 is 13.5 Å². The highest BCUT2D eigenvalue weighted by molar-refractivity contribution is 6.30. The number of anilines is 2. The zero-order valence-electron chi connectivity index (χ0n) is 16.3. The number of pyridine rings is 1. The summed E-state index contributed by atoms with van der Waals surface area (Å²) in [4.78, 5) is 10.1. The summed E-state index contributed by atoms with van der Waals surface area (Å²) in [6, 6.07) is 16.4. The zero-order valence-corrected chi connectivity index (χ0v) is 17.1. The second-order valence-electron chi connectivity index (χ2n) is 7.50. The fraction of sp³-hybridized carbons (Fsp3) is 0.182. The van der Waals surface area contributed by atoms with Crippen LogP contribution in [-0.4, -0.2) is 33.5 Å². The number of imidazole rings is 1. The predicted octanol–water partition coefficient (Wildman–Crippen LogP) is 4.96. The summed E-state index contributed by atoms with van der Waals surface area (Å²) in [7, 11) is 0. The molecule has 9 heteroatoms. The van der Waals surface area contributed by atoms with Crippen LogP contribution in [0.4, 0.5) is 20.4 Å². The van der Waals surface area contributed by atoms with E-state index in [2.05, 4.69) is 9.97 Å². The third kappa shape index (κ3) is 3.98. The van der Waals surface area contributed by atoms with Gasteiger partial charge >= 0.3 is 0 Å². The minimum Gasteiger partial charge on any atom is -0.439 e. The molecule has 6 nitrogen and oxygen atoms in total. The Morgan fingerprint density at radius 1 is 1.06 bits per heavy atom. The quantitative estimate of drug-likeness (QED) is 0.474. The van der Waals surface area contributed by atoms with E-state index in [-0.39, 0.29) is 13.1 Å². The number of alkyl halides is 2. The number of aromatic nitrogens is 3. The van der Waals surface area contributed by atoms with Crippen LogP contribution >= 0.6 is 11.6 Å². The molecule has 4 aromatic rings. The van der Waals surface area contributed by atoms with Crippen molar-refractivity contribution in [3.63, 3.8) is 0 Å². The van der Waals surface area contributed by atoms with E-state index < -0.39 is 5.92 Å². The van der Waals surface area contributed by atoms with E-state index in [4.69, 9.17) is 22.1 Å². The summed E-state index contributed by atoms with van der Waals surface area (Å²) in [5.74, 6) is -1.17. The SMILES string of the molecule is Nc1nc2ccc(N3CC(F)(F)C3)cc2n1Cc1ccc(Oc2ccc(Cl)cn2)cc1. The van der Waals surface area contributed by atoms with Crippen molar-refractivity contribution >= 4 is 34.3 Å². The van der Waals surface area contributed by atoms with E-state index in [1.165, 1.54) is 6.20 Å². The van der Waals surface area contributed by atoms with Gasteiger partial charge in [0, 0.05) is 18.0 Å². The normalized spacial score (nSPS) is 15.1. The summed E-state index contributed by atoms with van der Waals surface area (Å²) in [5, 5.41) is 0.541. The van der Waals surface area contributed by atoms with Crippen molar-refractivity contribution in [3.8, 4) is 11.6 Å². The van der Waals surface area contributed by atoms with Gasteiger partial charge in [0.2, 0.25) is 11.8 Å². The van der Waals surface area contributed by atoms with Crippen LogP contribution in [0.3, 0.4) is 0 Å². The molecule has 158 valence electrons. The second-order valence-corrected chi connectivity index (χ2v) is 7.94. The molecule has 1 aliphatic rings. The van der Waals surface area contributed by atoms with Gasteiger partial charge in [-0.25, -0.2) is 18.7 Å². The molecule has 0 spiro atoms. The van der Waals surface area contributed by atoms with Gasteiger partial charge in [-0.1, -0.05) is 23.7 Å². The fourth-order valence-electron chi connectivity index (χ4n) is 3.58. The van der Waals surface area contributed by atoms with Gasteiger partial charge in [-0.15, -0.1) is 0 Å². The molecule has 0 atom stereocenters. The molecule has 2 aromatic carbocycles. The number of hydrogen-bond donors (Lipinski definition) is 1. The Balaban J connectivity index is 1.36. The lowest BCUT2D eigenvalue weighted by atomic mass is 10.1. The van der Waals surface area contributed by atoms with E-state index in [0.29, 0.717) is 29.1 Å². The van der Waals surface area contributed by atoms with E-state index in [1.807, 2.05) is 41.0 Å². The van der Waals surface area contributed by atoms with Crippen molar-refractivity contribution in [2.24, 2.45) is 0 Å². The standard InChI is InChI=1S/C22H18ClF2N5O/c23-15-3-8-20(27-10-15)31-17-5-1-14(2-6-17)11-30-19-9-16(29-12-22(24,25)13-29)4-7-18(19)28-21(30)26/h1-10H,11-13H2,(H2,26,28). The summed E-state index contributed by atoms with van der Waals surface area (Å²) in [6.45, 7) is -0.0560. The largest absolute Gasteiger partial charge is 0.439 e. The summed E-state index contributed by atoms with van der Waals surface area (Å²) in [6.07, 6.45) is 1.52. The lowest BCUT2D eigenvalue weighted by Crippen LogP contribution is -2.56. The maximum Gasteiger partial charge on any atom is 0.282 e. The Morgan fingerprint density at radius 3 is 2.52 bits per heavy atom. The number of halogens is 3. The number of fused-ring (bicyclic) bond motifs is 1. The van der Waals surface area contributed by atoms with Crippen LogP contribution in [0.25, 0.3) is 11.0 Å². The van der Waals surface area contributed by atoms with Crippen molar-refractivity contribution in [1.82, 2.24) is 14.5 Å². The number of benzene rings is 2. The molecule has 5 rings (SSSR count). The van der Waals surface area contributed by atoms with Crippen molar-refractivity contribution in [3.05, 3.63) is 71.4 Å². The molecule has 0 radical (unpaired) electrons. The third-order valence-electron chi connectivity index (χ3n) is 5.16. The maximum atomic E-state index is 13.2. The van der Waals surface area contributed by atoms with Gasteiger partial charge < -0.3 is 19.9 Å². The monoisotopic (exact) mass is 441 g/mol. The first-order chi connectivity index (χ1) is 14.9. The highest BCUT2D eigenvalue weighted by atomic mass is 35.5. The molecule has 1 fully saturated rings. The van der Waals surface area contributed by atoms with Crippen molar-refractivity contribution in [2.45, 2.75) is 12.5 Å². The highest BCUT2D eigenvalue weighted by Crippen LogP contribution is 2.34. The molecule has 0 amide bonds. The number of ether oxygens (including phenoxy) is 1. The van der Waals surface area contributed by atoms with Crippen LogP contribution in [0.5, 0.6) is 11.6 Å². The average molecular weight is 442 g/mol. The molecule has 0 bridgehead atoms. The van der Waals surface area contributed by atoms with E-state index >= 15 is 0 Å². The first-order valence-electron chi connectivity index (χ1n) is 9.63. The van der Waals surface area contributed by atoms with Crippen LogP contribution in [0.2, 0.25) is 5.02 Å². The predicted molar refractivity (Wildman–Crippen MR) is 116 cm³/mol. The van der Waals surface area contributed by atoms with E-state index in [1.54, 1.807) is 23.1 Å². The van der Waals surface area contributed by atoms with Crippen LogP contribution < -0.4 is 15.4 Å². The lowest BCUT2D eigenvalue weighted by molar-refractivity contribution is -0.0262. The Hall–Kier alpha value is -3.39. The molecule has 2 aromatic heterocycles. The van der Waals surface area contributed by atoms with Gasteiger partial charge in [-0.05, 0) is 42.0 Å². The zero-order chi connectivity index (χ0) is 21.6. The summed E-state index contributed by atoms with van der Waals surface area (Å²) in [5.41, 5.74) is 9.39. The van der Waals surface area contributed by atoms with Gasteiger partial charge in [0.25, 0.3) is 5.92 Å². The van der Waals surface area contributed by atoms with Crippen LogP contribution in [-0.2, 0) is 6.54 Å².